The molecule has 0 aromatic heterocycles. The van der Waals surface area contributed by atoms with Crippen LogP contribution in [0.3, 0.4) is 0 Å². The molecule has 5 aliphatic rings. The number of ether oxygens (including phenoxy) is 4. The second-order valence-electron chi connectivity index (χ2n) is 25.4. The zero-order valence-corrected chi connectivity index (χ0v) is 50.6. The molecule has 14 atom stereocenters. The average molecular weight is 1300 g/mol. The first-order chi connectivity index (χ1) is 46.2. The summed E-state index contributed by atoms with van der Waals surface area (Å²) < 4.78 is 26.4. The van der Waals surface area contributed by atoms with Crippen LogP contribution in [0.15, 0.2) is 182 Å². The molecule has 96 heavy (non-hydrogen) atoms. The van der Waals surface area contributed by atoms with Crippen LogP contribution in [-0.2, 0) is 11.2 Å². The molecule has 0 bridgehead atoms. The fourth-order valence-corrected chi connectivity index (χ4v) is 15.9. The minimum absolute atomic E-state index is 0.0396. The lowest BCUT2D eigenvalue weighted by Gasteiger charge is -2.39. The maximum absolute atomic E-state index is 14.7. The van der Waals surface area contributed by atoms with Crippen molar-refractivity contribution in [2.24, 2.45) is 0 Å². The van der Waals surface area contributed by atoms with Crippen LogP contribution >= 0.6 is 0 Å². The van der Waals surface area contributed by atoms with Gasteiger partial charge in [-0.05, 0) is 159 Å². The largest absolute Gasteiger partial charge is 0.508 e. The molecule has 15 rings (SSSR count). The Morgan fingerprint density at radius 3 is 1.50 bits per heavy atom. The predicted octanol–water partition coefficient (Wildman–Crippen LogP) is 10.4. The minimum Gasteiger partial charge on any atom is -0.508 e. The van der Waals surface area contributed by atoms with Crippen molar-refractivity contribution < 1.29 is 101 Å². The quantitative estimate of drug-likeness (QED) is 0.0510. The van der Waals surface area contributed by atoms with E-state index in [1.807, 2.05) is 0 Å². The van der Waals surface area contributed by atoms with Crippen molar-refractivity contribution in [3.05, 3.63) is 265 Å². The standard InChI is InChI=1S/C76H64O20/c77-32-56-69(89)71(91)72(92)76(95-56)93-50-22-33(21-45(83)27-50)23-51(34-1-11-40(78)12-2-34)64-70(90)67-62(53-29-49(87)31-55-61(53)59(39-24-46(84)26-47(85)25-39)73(94-55)37-7-17-43(81)18-8-37)58(36-5-15-42(80)16-6-36)65-57(35-3-13-41(79)14-4-35)60-52(28-48(86)30-54(60)88)63-68(66(65)67)75(64)96-74(63)38-9-19-44(82)20-10-38/h1-22,24-31,51,56-59,62-63,65,69,71-74,76-92H,23,32H2/t51-,56+,57?,58-,59-,62-,63-,65+,69+,71-,72+,73+,74+,76+/m0/s1. The number of aliphatic hydroxyl groups excluding tert-OH is 4. The Bertz CT molecular complexity index is 4630. The average Bonchev–Trinajstić information content (AvgIpc) is 1.51. The first kappa shape index (κ1) is 61.2. The molecule has 10 aromatic rings. The number of phenols is 12. The Morgan fingerprint density at radius 2 is 0.906 bits per heavy atom. The van der Waals surface area contributed by atoms with Crippen molar-refractivity contribution in [2.45, 2.75) is 90.8 Å². The highest BCUT2D eigenvalue weighted by atomic mass is 16.7. The van der Waals surface area contributed by atoms with Gasteiger partial charge in [-0.1, -0.05) is 60.7 Å². The summed E-state index contributed by atoms with van der Waals surface area (Å²) in [4.78, 5) is 0. The van der Waals surface area contributed by atoms with Gasteiger partial charge >= 0.3 is 0 Å². The van der Waals surface area contributed by atoms with E-state index in [1.165, 1.54) is 109 Å². The van der Waals surface area contributed by atoms with Crippen LogP contribution in [0.5, 0.6) is 86.2 Å². The molecule has 2 aliphatic carbocycles. The number of hydrogen-bond donors (Lipinski definition) is 16. The fourth-order valence-electron chi connectivity index (χ4n) is 15.9. The Balaban J connectivity index is 1.07. The summed E-state index contributed by atoms with van der Waals surface area (Å²) in [7, 11) is 0. The third kappa shape index (κ3) is 10.3. The molecule has 0 saturated carbocycles. The van der Waals surface area contributed by atoms with Gasteiger partial charge in [-0.2, -0.15) is 0 Å². The number of fused-ring (bicyclic) bond motifs is 3. The molecule has 16 N–H and O–H groups in total. The van der Waals surface area contributed by atoms with Crippen LogP contribution in [0.25, 0.3) is 0 Å². The Kier molecular flexibility index (Phi) is 15.0. The topological polar surface area (TPSA) is 361 Å². The van der Waals surface area contributed by atoms with Gasteiger partial charge in [0.15, 0.2) is 0 Å². The third-order valence-electron chi connectivity index (χ3n) is 19.8. The Labute approximate surface area is 547 Å². The molecule has 20 heteroatoms. The van der Waals surface area contributed by atoms with Crippen LogP contribution < -0.4 is 14.2 Å². The first-order valence-electron chi connectivity index (χ1n) is 31.2. The molecule has 0 radical (unpaired) electrons. The summed E-state index contributed by atoms with van der Waals surface area (Å²) in [6.45, 7) is -0.747. The zero-order valence-electron chi connectivity index (χ0n) is 50.6. The van der Waals surface area contributed by atoms with Gasteiger partial charge in [-0.15, -0.1) is 0 Å². The summed E-state index contributed by atoms with van der Waals surface area (Å²) >= 11 is 0. The van der Waals surface area contributed by atoms with E-state index >= 15 is 0 Å². The number of rotatable bonds is 13. The lowest BCUT2D eigenvalue weighted by atomic mass is 9.68. The minimum atomic E-state index is -1.83. The fraction of sp³-hybridized carbons (Fsp3) is 0.211. The number of aliphatic hydroxyl groups is 4. The van der Waals surface area contributed by atoms with Gasteiger partial charge in [0.25, 0.3) is 0 Å². The van der Waals surface area contributed by atoms with E-state index in [0.29, 0.717) is 72.3 Å². The molecule has 1 fully saturated rings. The monoisotopic (exact) mass is 1300 g/mol. The van der Waals surface area contributed by atoms with E-state index in [0.717, 1.165) is 0 Å². The van der Waals surface area contributed by atoms with E-state index in [2.05, 4.69) is 0 Å². The first-order valence-corrected chi connectivity index (χ1v) is 31.2. The van der Waals surface area contributed by atoms with Crippen LogP contribution in [0.2, 0.25) is 0 Å². The molecule has 1 unspecified atom stereocenters. The van der Waals surface area contributed by atoms with Crippen LogP contribution in [-0.4, -0.2) is 119 Å². The summed E-state index contributed by atoms with van der Waals surface area (Å²) in [5.41, 5.74) is 6.31. The van der Waals surface area contributed by atoms with Gasteiger partial charge in [-0.25, -0.2) is 0 Å². The van der Waals surface area contributed by atoms with Crippen molar-refractivity contribution >= 4 is 0 Å². The van der Waals surface area contributed by atoms with Crippen LogP contribution in [0.1, 0.15) is 137 Å². The maximum atomic E-state index is 14.7. The van der Waals surface area contributed by atoms with Gasteiger partial charge in [0, 0.05) is 81.7 Å². The Hall–Kier alpha value is -11.0. The van der Waals surface area contributed by atoms with E-state index < -0.39 is 90.9 Å². The van der Waals surface area contributed by atoms with Crippen molar-refractivity contribution in [3.63, 3.8) is 0 Å². The van der Waals surface area contributed by atoms with Gasteiger partial charge < -0.3 is 101 Å². The van der Waals surface area contributed by atoms with E-state index in [4.69, 9.17) is 18.9 Å². The van der Waals surface area contributed by atoms with Crippen molar-refractivity contribution in [3.8, 4) is 86.2 Å². The van der Waals surface area contributed by atoms with Crippen molar-refractivity contribution in [1.29, 1.82) is 0 Å². The smallest absolute Gasteiger partial charge is 0.229 e. The summed E-state index contributed by atoms with van der Waals surface area (Å²) in [6.07, 6.45) is -10.6. The number of phenolic OH excluding ortho intramolecular Hbond substituents is 12. The number of hydrogen-bond acceptors (Lipinski definition) is 20. The van der Waals surface area contributed by atoms with Crippen LogP contribution in [0.4, 0.5) is 0 Å². The second-order valence-corrected chi connectivity index (χ2v) is 25.4. The molecule has 20 nitrogen and oxygen atoms in total. The number of benzene rings is 10. The van der Waals surface area contributed by atoms with E-state index in [1.54, 1.807) is 72.8 Å². The van der Waals surface area contributed by atoms with E-state index in [9.17, 15) is 81.7 Å². The lowest BCUT2D eigenvalue weighted by molar-refractivity contribution is -0.277. The third-order valence-corrected chi connectivity index (χ3v) is 19.8. The lowest BCUT2D eigenvalue weighted by Crippen LogP contribution is -2.60. The molecule has 488 valence electrons. The predicted molar refractivity (Wildman–Crippen MR) is 344 cm³/mol. The Morgan fingerprint density at radius 1 is 0.385 bits per heavy atom. The van der Waals surface area contributed by atoms with Gasteiger partial charge in [0.2, 0.25) is 6.29 Å². The summed E-state index contributed by atoms with van der Waals surface area (Å²) in [5.74, 6) is -9.40. The van der Waals surface area contributed by atoms with Gasteiger partial charge in [0.05, 0.1) is 18.4 Å². The van der Waals surface area contributed by atoms with Crippen molar-refractivity contribution in [1.82, 2.24) is 0 Å². The molecular weight excluding hydrogens is 1230 g/mol. The maximum Gasteiger partial charge on any atom is 0.229 e. The number of aromatic hydroxyl groups is 12. The molecule has 3 aliphatic heterocycles. The highest BCUT2D eigenvalue weighted by molar-refractivity contribution is 5.77. The molecular formula is C76H64O20. The second kappa shape index (κ2) is 23.5. The zero-order chi connectivity index (χ0) is 66.9. The molecule has 0 spiro atoms. The SMILES string of the molecule is OC[C@H]1O[C@@H](Oc2cc(O)cc(C[C@@H](c3ccc(O)cc3)c3c(O)c4c5c6c3O[C@H](c3ccc(O)cc3)[C@H]6c3cc(O)cc(O)c3C(c3ccc(O)cc3)[C@@H]5[C@@H](c3ccc(O)cc3)[C@@H]4c3cc(O)cc4c3[C@H](c3cc(O)cc(O)c3)[C@@H](c3ccc(O)cc3)O4)c2)[C@H](O)[C@@H](O)[C@@H]1O. The van der Waals surface area contributed by atoms with Crippen LogP contribution in [0, 0.1) is 0 Å². The van der Waals surface area contributed by atoms with Gasteiger partial charge in [-0.3, -0.25) is 0 Å². The summed E-state index contributed by atoms with van der Waals surface area (Å²) in [6, 6.07) is 46.1. The molecule has 1 saturated heterocycles. The molecule has 3 heterocycles. The van der Waals surface area contributed by atoms with Crippen molar-refractivity contribution in [2.75, 3.05) is 6.61 Å². The van der Waals surface area contributed by atoms with E-state index in [-0.39, 0.29) is 104 Å². The summed E-state index contributed by atoms with van der Waals surface area (Å²) in [5, 5.41) is 184. The normalized spacial score (nSPS) is 24.6. The molecule has 0 amide bonds. The molecule has 10 aromatic carbocycles. The van der Waals surface area contributed by atoms with Gasteiger partial charge in [0.1, 0.15) is 123 Å². The highest BCUT2D eigenvalue weighted by Crippen LogP contribution is 2.73. The highest BCUT2D eigenvalue weighted by Gasteiger charge is 2.59.